The second kappa shape index (κ2) is 3.44. The van der Waals surface area contributed by atoms with E-state index in [0.29, 0.717) is 0 Å². The summed E-state index contributed by atoms with van der Waals surface area (Å²) in [5, 5.41) is 6.36. The largest absolute Gasteiger partial charge is 0.468 e. The summed E-state index contributed by atoms with van der Waals surface area (Å²) in [7, 11) is -4.28. The molecule has 0 heterocycles. The average molecular weight is 201 g/mol. The fourth-order valence-corrected chi connectivity index (χ4v) is 1.24. The Labute approximate surface area is 75.1 Å². The Balaban J connectivity index is 2.88. The normalized spacial score (nSPS) is 10.8. The number of sulfonamides is 1. The van der Waals surface area contributed by atoms with Crippen molar-refractivity contribution in [2.75, 3.05) is 4.72 Å². The van der Waals surface area contributed by atoms with E-state index in [2.05, 4.69) is 0 Å². The van der Waals surface area contributed by atoms with Gasteiger partial charge in [-0.2, -0.15) is 8.42 Å². The second-order valence-corrected chi connectivity index (χ2v) is 3.80. The Hall–Kier alpha value is -1.56. The molecule has 1 rings (SSSR count). The maximum Gasteiger partial charge on any atom is 0.442 e. The molecule has 0 radical (unpaired) electrons. The first-order valence-corrected chi connectivity index (χ1v) is 4.81. The van der Waals surface area contributed by atoms with Gasteiger partial charge in [-0.05, 0) is 12.1 Å². The lowest BCUT2D eigenvalue weighted by Gasteiger charge is -2.01. The first kappa shape index (κ1) is 9.53. The molecule has 0 aliphatic carbocycles. The van der Waals surface area contributed by atoms with E-state index in [0.717, 1.165) is 0 Å². The van der Waals surface area contributed by atoms with Gasteiger partial charge in [-0.1, -0.05) is 18.2 Å². The summed E-state index contributed by atoms with van der Waals surface area (Å²) >= 11 is 0. The molecule has 0 atom stereocenters. The second-order valence-electron chi connectivity index (χ2n) is 2.24. The number of carboxylic acid groups (broad SMARTS) is 1. The van der Waals surface area contributed by atoms with Crippen LogP contribution < -0.4 is 4.72 Å². The highest BCUT2D eigenvalue weighted by molar-refractivity contribution is 8.06. The lowest BCUT2D eigenvalue weighted by Crippen LogP contribution is -2.20. The molecule has 0 unspecified atom stereocenters. The zero-order valence-corrected chi connectivity index (χ0v) is 7.28. The minimum atomic E-state index is -4.28. The molecular formula is C7H7NO4S. The van der Waals surface area contributed by atoms with Gasteiger partial charge in [-0.3, -0.25) is 4.72 Å². The van der Waals surface area contributed by atoms with E-state index in [1.54, 1.807) is 18.2 Å². The molecule has 70 valence electrons. The summed E-state index contributed by atoms with van der Waals surface area (Å²) in [5.41, 5.74) is 0.227. The van der Waals surface area contributed by atoms with Crippen molar-refractivity contribution in [3.05, 3.63) is 30.3 Å². The number of benzene rings is 1. The molecule has 0 aliphatic heterocycles. The van der Waals surface area contributed by atoms with Gasteiger partial charge in [0.25, 0.3) is 0 Å². The first-order chi connectivity index (χ1) is 6.02. The Morgan fingerprint density at radius 1 is 1.23 bits per heavy atom. The molecule has 6 heteroatoms. The van der Waals surface area contributed by atoms with Crippen LogP contribution in [-0.2, 0) is 10.0 Å². The van der Waals surface area contributed by atoms with E-state index >= 15 is 0 Å². The van der Waals surface area contributed by atoms with Crippen LogP contribution in [0.4, 0.5) is 10.5 Å². The smallest absolute Gasteiger partial charge is 0.442 e. The molecule has 0 aliphatic rings. The van der Waals surface area contributed by atoms with Gasteiger partial charge >= 0.3 is 15.3 Å². The molecule has 0 amide bonds. The van der Waals surface area contributed by atoms with Crippen LogP contribution in [0.5, 0.6) is 0 Å². The molecule has 0 spiro atoms. The molecule has 13 heavy (non-hydrogen) atoms. The number of hydrogen-bond donors (Lipinski definition) is 2. The number of carbonyl (C=O) groups is 1. The highest BCUT2D eigenvalue weighted by Crippen LogP contribution is 2.07. The van der Waals surface area contributed by atoms with Gasteiger partial charge in [0.2, 0.25) is 0 Å². The summed E-state index contributed by atoms with van der Waals surface area (Å²) in [5.74, 6) is 0. The standard InChI is InChI=1S/C7H7NO4S/c9-7(10)13(11,12)8-6-4-2-1-3-5-6/h1-5,8H,(H,9,10). The molecule has 2 N–H and O–H groups in total. The van der Waals surface area contributed by atoms with Crippen LogP contribution in [0.2, 0.25) is 0 Å². The summed E-state index contributed by atoms with van der Waals surface area (Å²) < 4.78 is 23.5. The monoisotopic (exact) mass is 201 g/mol. The highest BCUT2D eigenvalue weighted by Gasteiger charge is 2.19. The van der Waals surface area contributed by atoms with Crippen LogP contribution >= 0.6 is 0 Å². The van der Waals surface area contributed by atoms with Crippen LogP contribution in [0.25, 0.3) is 0 Å². The Morgan fingerprint density at radius 3 is 2.23 bits per heavy atom. The Kier molecular flexibility index (Phi) is 2.52. The molecule has 0 saturated carbocycles. The van der Waals surface area contributed by atoms with E-state index in [1.807, 2.05) is 4.72 Å². The van der Waals surface area contributed by atoms with Crippen LogP contribution in [-0.4, -0.2) is 18.8 Å². The number of anilines is 1. The highest BCUT2D eigenvalue weighted by atomic mass is 32.2. The molecule has 0 bridgehead atoms. The van der Waals surface area contributed by atoms with Crippen molar-refractivity contribution >= 4 is 21.0 Å². The minimum Gasteiger partial charge on any atom is -0.468 e. The van der Waals surface area contributed by atoms with Crippen molar-refractivity contribution in [2.45, 2.75) is 0 Å². The zero-order chi connectivity index (χ0) is 9.90. The van der Waals surface area contributed by atoms with Crippen molar-refractivity contribution in [2.24, 2.45) is 0 Å². The van der Waals surface area contributed by atoms with Gasteiger partial charge in [0.15, 0.2) is 0 Å². The van der Waals surface area contributed by atoms with Crippen LogP contribution in [0, 0.1) is 0 Å². The van der Waals surface area contributed by atoms with Gasteiger partial charge in [0, 0.05) is 5.69 Å². The summed E-state index contributed by atoms with van der Waals surface area (Å²) in [6.07, 6.45) is 0. The quantitative estimate of drug-likeness (QED) is 0.750. The third-order valence-electron chi connectivity index (χ3n) is 1.26. The summed E-state index contributed by atoms with van der Waals surface area (Å²) in [6.45, 7) is 0. The van der Waals surface area contributed by atoms with Crippen LogP contribution in [0.15, 0.2) is 30.3 Å². The maximum absolute atomic E-state index is 10.8. The van der Waals surface area contributed by atoms with E-state index < -0.39 is 15.3 Å². The van der Waals surface area contributed by atoms with Crippen molar-refractivity contribution in [1.82, 2.24) is 0 Å². The lowest BCUT2D eigenvalue weighted by atomic mass is 10.3. The van der Waals surface area contributed by atoms with Crippen molar-refractivity contribution in [3.8, 4) is 0 Å². The SMILES string of the molecule is O=C(O)S(=O)(=O)Nc1ccccc1. The lowest BCUT2D eigenvalue weighted by molar-refractivity contribution is 0.219. The predicted octanol–water partition coefficient (Wildman–Crippen LogP) is 1.11. The zero-order valence-electron chi connectivity index (χ0n) is 6.47. The summed E-state index contributed by atoms with van der Waals surface area (Å²) in [4.78, 5) is 10.2. The van der Waals surface area contributed by atoms with Crippen molar-refractivity contribution in [1.29, 1.82) is 0 Å². The van der Waals surface area contributed by atoms with E-state index in [-0.39, 0.29) is 5.69 Å². The van der Waals surface area contributed by atoms with Gasteiger partial charge < -0.3 is 5.11 Å². The van der Waals surface area contributed by atoms with E-state index in [4.69, 9.17) is 5.11 Å². The van der Waals surface area contributed by atoms with Crippen molar-refractivity contribution in [3.63, 3.8) is 0 Å². The molecule has 0 fully saturated rings. The molecule has 0 aromatic heterocycles. The fraction of sp³-hybridized carbons (Fsp3) is 0. The molecular weight excluding hydrogens is 194 g/mol. The van der Waals surface area contributed by atoms with Crippen molar-refractivity contribution < 1.29 is 18.3 Å². The summed E-state index contributed by atoms with van der Waals surface area (Å²) in [6, 6.07) is 7.80. The van der Waals surface area contributed by atoms with Gasteiger partial charge in [-0.25, -0.2) is 4.79 Å². The number of para-hydroxylation sites is 1. The fourth-order valence-electron chi connectivity index (χ4n) is 0.705. The topological polar surface area (TPSA) is 83.5 Å². The van der Waals surface area contributed by atoms with Crippen LogP contribution in [0.1, 0.15) is 0 Å². The third kappa shape index (κ3) is 2.45. The van der Waals surface area contributed by atoms with Gasteiger partial charge in [0.05, 0.1) is 0 Å². The maximum atomic E-state index is 10.8. The predicted molar refractivity (Wildman–Crippen MR) is 47.0 cm³/mol. The number of rotatable bonds is 2. The molecule has 0 saturated heterocycles. The van der Waals surface area contributed by atoms with Crippen LogP contribution in [0.3, 0.4) is 0 Å². The minimum absolute atomic E-state index is 0.227. The first-order valence-electron chi connectivity index (χ1n) is 3.33. The van der Waals surface area contributed by atoms with Gasteiger partial charge in [-0.15, -0.1) is 0 Å². The Morgan fingerprint density at radius 2 is 1.77 bits per heavy atom. The number of nitrogens with one attached hydrogen (secondary N) is 1. The van der Waals surface area contributed by atoms with E-state index in [1.165, 1.54) is 12.1 Å². The Bertz CT molecular complexity index is 398. The molecule has 1 aromatic rings. The molecule has 5 nitrogen and oxygen atoms in total. The number of hydrogen-bond acceptors (Lipinski definition) is 3. The van der Waals surface area contributed by atoms with E-state index in [9.17, 15) is 13.2 Å². The molecule has 1 aromatic carbocycles. The average Bonchev–Trinajstić information content (AvgIpc) is 2.05. The van der Waals surface area contributed by atoms with Gasteiger partial charge in [0.1, 0.15) is 0 Å². The third-order valence-corrected chi connectivity index (χ3v) is 2.22.